The monoisotopic (exact) mass is 257 g/mol. The summed E-state index contributed by atoms with van der Waals surface area (Å²) in [6.45, 7) is 3.29. The first kappa shape index (κ1) is 12.4. The Kier molecular flexibility index (Phi) is 2.94. The zero-order chi connectivity index (χ0) is 13.5. The molecule has 0 spiro atoms. The van der Waals surface area contributed by atoms with Crippen LogP contribution in [0.5, 0.6) is 0 Å². The second-order valence-corrected chi connectivity index (χ2v) is 5.95. The van der Waals surface area contributed by atoms with Crippen LogP contribution < -0.4 is 4.90 Å². The summed E-state index contributed by atoms with van der Waals surface area (Å²) in [6, 6.07) is 4.26. The van der Waals surface area contributed by atoms with Gasteiger partial charge in [0.15, 0.2) is 0 Å². The number of pyridine rings is 1. The van der Waals surface area contributed by atoms with E-state index in [1.54, 1.807) is 0 Å². The van der Waals surface area contributed by atoms with Crippen molar-refractivity contribution in [1.82, 2.24) is 4.98 Å². The molecule has 0 bridgehead atoms. The number of aliphatic hydroxyl groups is 1. The summed E-state index contributed by atoms with van der Waals surface area (Å²) in [5.41, 5.74) is 2.34. The Balaban J connectivity index is 1.98. The largest absolute Gasteiger partial charge is 0.388 e. The molecule has 1 N–H and O–H groups in total. The standard InChI is InChI=1S/C15H19N3O/c1-15(19)6-3-7-18(10-15)14-12(9-16)8-11-4-2-5-13(11)17-14/h8,19H,2-7,10H2,1H3. The zero-order valence-electron chi connectivity index (χ0n) is 11.3. The van der Waals surface area contributed by atoms with E-state index in [-0.39, 0.29) is 0 Å². The molecule has 1 atom stereocenters. The summed E-state index contributed by atoms with van der Waals surface area (Å²) in [5.74, 6) is 0.767. The van der Waals surface area contributed by atoms with Gasteiger partial charge < -0.3 is 10.0 Å². The molecule has 1 aromatic heterocycles. The molecule has 2 aliphatic rings. The predicted octanol–water partition coefficient (Wildman–Crippen LogP) is 1.79. The second-order valence-electron chi connectivity index (χ2n) is 5.95. The Morgan fingerprint density at radius 2 is 2.26 bits per heavy atom. The topological polar surface area (TPSA) is 60.1 Å². The lowest BCUT2D eigenvalue weighted by Gasteiger charge is -2.38. The summed E-state index contributed by atoms with van der Waals surface area (Å²) < 4.78 is 0. The van der Waals surface area contributed by atoms with E-state index in [0.29, 0.717) is 12.1 Å². The van der Waals surface area contributed by atoms with Crippen LogP contribution in [0.25, 0.3) is 0 Å². The van der Waals surface area contributed by atoms with Crippen molar-refractivity contribution >= 4 is 5.82 Å². The fourth-order valence-electron chi connectivity index (χ4n) is 3.19. The maximum atomic E-state index is 10.2. The normalized spacial score (nSPS) is 26.1. The summed E-state index contributed by atoms with van der Waals surface area (Å²) >= 11 is 0. The zero-order valence-corrected chi connectivity index (χ0v) is 11.3. The highest BCUT2D eigenvalue weighted by atomic mass is 16.3. The summed E-state index contributed by atoms with van der Waals surface area (Å²) in [4.78, 5) is 6.78. The Hall–Kier alpha value is -1.60. The van der Waals surface area contributed by atoms with Gasteiger partial charge in [-0.3, -0.25) is 0 Å². The van der Waals surface area contributed by atoms with Crippen LogP contribution in [-0.2, 0) is 12.8 Å². The van der Waals surface area contributed by atoms with Crippen LogP contribution in [0, 0.1) is 11.3 Å². The summed E-state index contributed by atoms with van der Waals surface area (Å²) in [5, 5.41) is 19.5. The van der Waals surface area contributed by atoms with Gasteiger partial charge in [0.25, 0.3) is 0 Å². The van der Waals surface area contributed by atoms with Crippen molar-refractivity contribution in [3.63, 3.8) is 0 Å². The molecule has 1 saturated heterocycles. The van der Waals surface area contributed by atoms with Crippen LogP contribution in [0.3, 0.4) is 0 Å². The molecule has 1 unspecified atom stereocenters. The van der Waals surface area contributed by atoms with Crippen LogP contribution in [0.15, 0.2) is 6.07 Å². The molecule has 100 valence electrons. The lowest BCUT2D eigenvalue weighted by Crippen LogP contribution is -2.46. The van der Waals surface area contributed by atoms with Gasteiger partial charge in [0.2, 0.25) is 0 Å². The molecule has 0 radical (unpaired) electrons. The maximum absolute atomic E-state index is 10.2. The number of aryl methyl sites for hydroxylation is 2. The molecule has 1 fully saturated rings. The van der Waals surface area contributed by atoms with Crippen molar-refractivity contribution in [2.75, 3.05) is 18.0 Å². The number of nitrogens with zero attached hydrogens (tertiary/aromatic N) is 3. The molecule has 1 aromatic rings. The molecule has 4 heteroatoms. The lowest BCUT2D eigenvalue weighted by atomic mass is 9.95. The fourth-order valence-corrected chi connectivity index (χ4v) is 3.19. The Morgan fingerprint density at radius 3 is 3.00 bits per heavy atom. The number of rotatable bonds is 1. The molecule has 0 saturated carbocycles. The van der Waals surface area contributed by atoms with Crippen molar-refractivity contribution in [3.8, 4) is 6.07 Å². The number of nitriles is 1. The summed E-state index contributed by atoms with van der Waals surface area (Å²) in [7, 11) is 0. The first-order chi connectivity index (χ1) is 9.09. The number of fused-ring (bicyclic) bond motifs is 1. The Bertz CT molecular complexity index is 545. The number of hydrogen-bond acceptors (Lipinski definition) is 4. The molecular formula is C15H19N3O. The Morgan fingerprint density at radius 1 is 1.42 bits per heavy atom. The van der Waals surface area contributed by atoms with Gasteiger partial charge in [-0.25, -0.2) is 4.98 Å². The molecule has 0 amide bonds. The molecule has 3 rings (SSSR count). The SMILES string of the molecule is CC1(O)CCCN(c2nc3c(cc2C#N)CCC3)C1. The van der Waals surface area contributed by atoms with E-state index in [4.69, 9.17) is 4.98 Å². The number of anilines is 1. The molecule has 4 nitrogen and oxygen atoms in total. The molecule has 19 heavy (non-hydrogen) atoms. The van der Waals surface area contributed by atoms with E-state index in [1.807, 2.05) is 13.0 Å². The first-order valence-corrected chi connectivity index (χ1v) is 6.99. The third-order valence-electron chi connectivity index (χ3n) is 4.13. The minimum absolute atomic E-state index is 0.563. The van der Waals surface area contributed by atoms with Gasteiger partial charge in [0.1, 0.15) is 11.9 Å². The van der Waals surface area contributed by atoms with Crippen LogP contribution in [-0.4, -0.2) is 28.8 Å². The smallest absolute Gasteiger partial charge is 0.146 e. The number of piperidine rings is 1. The van der Waals surface area contributed by atoms with Crippen molar-refractivity contribution in [2.45, 2.75) is 44.6 Å². The van der Waals surface area contributed by atoms with Crippen LogP contribution in [0.1, 0.15) is 43.0 Å². The van der Waals surface area contributed by atoms with Crippen LogP contribution >= 0.6 is 0 Å². The van der Waals surface area contributed by atoms with Gasteiger partial charge in [-0.1, -0.05) is 0 Å². The second kappa shape index (κ2) is 4.50. The minimum atomic E-state index is -0.675. The average Bonchev–Trinajstić information content (AvgIpc) is 2.83. The minimum Gasteiger partial charge on any atom is -0.388 e. The van der Waals surface area contributed by atoms with Gasteiger partial charge in [-0.15, -0.1) is 0 Å². The van der Waals surface area contributed by atoms with Crippen LogP contribution in [0.2, 0.25) is 0 Å². The Labute approximate surface area is 113 Å². The first-order valence-electron chi connectivity index (χ1n) is 6.99. The average molecular weight is 257 g/mol. The van der Waals surface area contributed by atoms with Crippen molar-refractivity contribution < 1.29 is 5.11 Å². The van der Waals surface area contributed by atoms with Gasteiger partial charge in [-0.2, -0.15) is 5.26 Å². The predicted molar refractivity (Wildman–Crippen MR) is 73.0 cm³/mol. The van der Waals surface area contributed by atoms with E-state index in [2.05, 4.69) is 11.0 Å². The van der Waals surface area contributed by atoms with Gasteiger partial charge in [0, 0.05) is 18.8 Å². The molecular weight excluding hydrogens is 238 g/mol. The third kappa shape index (κ3) is 2.31. The van der Waals surface area contributed by atoms with E-state index in [1.165, 1.54) is 5.56 Å². The van der Waals surface area contributed by atoms with Crippen molar-refractivity contribution in [3.05, 3.63) is 22.9 Å². The molecule has 0 aromatic carbocycles. The lowest BCUT2D eigenvalue weighted by molar-refractivity contribution is 0.0447. The van der Waals surface area contributed by atoms with E-state index >= 15 is 0 Å². The number of β-amino-alcohol motifs (C(OH)–C–C–N with tert-alkyl or cyclic N) is 1. The molecule has 2 heterocycles. The number of hydrogen-bond donors (Lipinski definition) is 1. The van der Waals surface area contributed by atoms with Gasteiger partial charge in [-0.05, 0) is 50.7 Å². The molecule has 1 aliphatic carbocycles. The maximum Gasteiger partial charge on any atom is 0.146 e. The highest BCUT2D eigenvalue weighted by Gasteiger charge is 2.31. The summed E-state index contributed by atoms with van der Waals surface area (Å²) in [6.07, 6.45) is 4.94. The van der Waals surface area contributed by atoms with Crippen molar-refractivity contribution in [1.29, 1.82) is 5.26 Å². The van der Waals surface area contributed by atoms with E-state index in [0.717, 1.165) is 50.2 Å². The molecule has 1 aliphatic heterocycles. The van der Waals surface area contributed by atoms with E-state index in [9.17, 15) is 10.4 Å². The van der Waals surface area contributed by atoms with Crippen molar-refractivity contribution in [2.24, 2.45) is 0 Å². The van der Waals surface area contributed by atoms with Crippen LogP contribution in [0.4, 0.5) is 5.82 Å². The van der Waals surface area contributed by atoms with E-state index < -0.39 is 5.60 Å². The highest BCUT2D eigenvalue weighted by Crippen LogP contribution is 2.30. The number of aromatic nitrogens is 1. The van der Waals surface area contributed by atoms with Gasteiger partial charge >= 0.3 is 0 Å². The third-order valence-corrected chi connectivity index (χ3v) is 4.13. The highest BCUT2D eigenvalue weighted by molar-refractivity contribution is 5.57. The fraction of sp³-hybridized carbons (Fsp3) is 0.600. The quantitative estimate of drug-likeness (QED) is 0.833. The van der Waals surface area contributed by atoms with Gasteiger partial charge in [0.05, 0.1) is 11.2 Å².